The molecule has 0 spiro atoms. The summed E-state index contributed by atoms with van der Waals surface area (Å²) >= 11 is 0. The average molecular weight is 512 g/mol. The molecule has 0 fully saturated rings. The highest BCUT2D eigenvalue weighted by Gasteiger charge is 2.10. The van der Waals surface area contributed by atoms with Gasteiger partial charge >= 0.3 is 0 Å². The van der Waals surface area contributed by atoms with Crippen molar-refractivity contribution < 1.29 is 0 Å². The van der Waals surface area contributed by atoms with E-state index in [1.54, 1.807) is 0 Å². The molecule has 6 nitrogen and oxygen atoms in total. The van der Waals surface area contributed by atoms with Gasteiger partial charge in [0.1, 0.15) is 12.4 Å². The number of aryl methyl sites for hydroxylation is 1. The maximum absolute atomic E-state index is 4.73. The zero-order valence-electron chi connectivity index (χ0n) is 18.7. The van der Waals surface area contributed by atoms with Crippen LogP contribution < -0.4 is 10.6 Å². The van der Waals surface area contributed by atoms with Crippen molar-refractivity contribution in [3.05, 3.63) is 47.0 Å². The Morgan fingerprint density at radius 3 is 2.38 bits per heavy atom. The first kappa shape index (κ1) is 25.4. The molecule has 2 aromatic rings. The van der Waals surface area contributed by atoms with E-state index in [9.17, 15) is 0 Å². The standard InChI is InChI=1S/C22H36N6.HI/c1-7-8-13-23-22(24-15-21-27-26-18(5)28(21)6)25-17(4)20-11-9-19(10-12-20)14-16(2)3;/h9-12,16-17H,7-8,13-15H2,1-6H3,(H2,23,24,25);1H. The smallest absolute Gasteiger partial charge is 0.192 e. The van der Waals surface area contributed by atoms with Crippen LogP contribution in [-0.4, -0.2) is 27.3 Å². The Labute approximate surface area is 193 Å². The summed E-state index contributed by atoms with van der Waals surface area (Å²) in [5.41, 5.74) is 2.64. The molecule has 0 radical (unpaired) electrons. The Morgan fingerprint density at radius 2 is 1.83 bits per heavy atom. The van der Waals surface area contributed by atoms with E-state index >= 15 is 0 Å². The SMILES string of the molecule is CCCCNC(=NCc1nnc(C)n1C)NC(C)c1ccc(CC(C)C)cc1.I. The van der Waals surface area contributed by atoms with E-state index in [0.29, 0.717) is 12.5 Å². The lowest BCUT2D eigenvalue weighted by atomic mass is 10.00. The molecule has 1 aromatic heterocycles. The molecular formula is C22H37IN6. The van der Waals surface area contributed by atoms with Gasteiger partial charge in [0.15, 0.2) is 11.8 Å². The average Bonchev–Trinajstić information content (AvgIpc) is 2.98. The van der Waals surface area contributed by atoms with Crippen LogP contribution in [0.5, 0.6) is 0 Å². The molecule has 1 heterocycles. The molecule has 0 saturated carbocycles. The Kier molecular flexibility index (Phi) is 11.2. The number of nitrogens with zero attached hydrogens (tertiary/aromatic N) is 4. The second-order valence-electron chi connectivity index (χ2n) is 7.87. The van der Waals surface area contributed by atoms with E-state index in [4.69, 9.17) is 4.99 Å². The summed E-state index contributed by atoms with van der Waals surface area (Å²) in [7, 11) is 1.97. The Balaban J connectivity index is 0.00000420. The van der Waals surface area contributed by atoms with Gasteiger partial charge in [-0.3, -0.25) is 0 Å². The van der Waals surface area contributed by atoms with Gasteiger partial charge in [0, 0.05) is 13.6 Å². The number of guanidine groups is 1. The van der Waals surface area contributed by atoms with E-state index in [1.165, 1.54) is 11.1 Å². The predicted octanol–water partition coefficient (Wildman–Crippen LogP) is 4.54. The molecule has 2 rings (SSSR count). The topological polar surface area (TPSA) is 67.1 Å². The fourth-order valence-electron chi connectivity index (χ4n) is 2.98. The third-order valence-corrected chi connectivity index (χ3v) is 4.86. The van der Waals surface area contributed by atoms with Crippen LogP contribution in [0.25, 0.3) is 0 Å². The van der Waals surface area contributed by atoms with E-state index in [-0.39, 0.29) is 30.0 Å². The molecule has 0 aliphatic carbocycles. The molecule has 0 bridgehead atoms. The summed E-state index contributed by atoms with van der Waals surface area (Å²) in [6.07, 6.45) is 3.38. The van der Waals surface area contributed by atoms with Crippen LogP contribution >= 0.6 is 24.0 Å². The minimum Gasteiger partial charge on any atom is -0.356 e. The largest absolute Gasteiger partial charge is 0.356 e. The minimum absolute atomic E-state index is 0. The summed E-state index contributed by atoms with van der Waals surface area (Å²) in [6.45, 7) is 12.2. The number of hydrogen-bond acceptors (Lipinski definition) is 3. The summed E-state index contributed by atoms with van der Waals surface area (Å²) < 4.78 is 1.98. The van der Waals surface area contributed by atoms with Crippen molar-refractivity contribution in [3.8, 4) is 0 Å². The van der Waals surface area contributed by atoms with Crippen molar-refractivity contribution in [2.24, 2.45) is 18.0 Å². The molecule has 0 saturated heterocycles. The number of nitrogens with one attached hydrogen (secondary N) is 2. The zero-order valence-corrected chi connectivity index (χ0v) is 21.0. The number of unbranched alkanes of at least 4 members (excludes halogenated alkanes) is 1. The maximum Gasteiger partial charge on any atom is 0.192 e. The van der Waals surface area contributed by atoms with Gasteiger partial charge in [-0.05, 0) is 43.7 Å². The summed E-state index contributed by atoms with van der Waals surface area (Å²) in [5.74, 6) is 3.24. The van der Waals surface area contributed by atoms with E-state index in [1.807, 2.05) is 18.5 Å². The molecule has 2 N–H and O–H groups in total. The maximum atomic E-state index is 4.73. The van der Waals surface area contributed by atoms with E-state index in [0.717, 1.165) is 43.4 Å². The highest BCUT2D eigenvalue weighted by molar-refractivity contribution is 14.0. The highest BCUT2D eigenvalue weighted by Crippen LogP contribution is 2.15. The van der Waals surface area contributed by atoms with Gasteiger partial charge in [-0.2, -0.15) is 0 Å². The molecule has 1 atom stereocenters. The van der Waals surface area contributed by atoms with Crippen molar-refractivity contribution in [1.29, 1.82) is 0 Å². The fraction of sp³-hybridized carbons (Fsp3) is 0.591. The molecular weight excluding hydrogens is 475 g/mol. The van der Waals surface area contributed by atoms with Crippen molar-refractivity contribution in [3.63, 3.8) is 0 Å². The number of benzene rings is 1. The summed E-state index contributed by atoms with van der Waals surface area (Å²) in [4.78, 5) is 4.73. The molecule has 162 valence electrons. The van der Waals surface area contributed by atoms with Crippen molar-refractivity contribution in [2.75, 3.05) is 6.54 Å². The molecule has 0 aliphatic heterocycles. The summed E-state index contributed by atoms with van der Waals surface area (Å²) in [5, 5.41) is 15.3. The first-order valence-corrected chi connectivity index (χ1v) is 10.4. The molecule has 1 aromatic carbocycles. The van der Waals surface area contributed by atoms with Crippen molar-refractivity contribution in [1.82, 2.24) is 25.4 Å². The van der Waals surface area contributed by atoms with Crippen LogP contribution in [0, 0.1) is 12.8 Å². The first-order chi connectivity index (χ1) is 13.4. The number of aromatic nitrogens is 3. The van der Waals surface area contributed by atoms with Gasteiger partial charge in [0.2, 0.25) is 0 Å². The van der Waals surface area contributed by atoms with E-state index < -0.39 is 0 Å². The second kappa shape index (κ2) is 12.8. The van der Waals surface area contributed by atoms with Crippen molar-refractivity contribution in [2.45, 2.75) is 66.5 Å². The van der Waals surface area contributed by atoms with Crippen LogP contribution in [-0.2, 0) is 20.0 Å². The van der Waals surface area contributed by atoms with Gasteiger partial charge in [0.25, 0.3) is 0 Å². The Morgan fingerprint density at radius 1 is 1.14 bits per heavy atom. The molecule has 29 heavy (non-hydrogen) atoms. The third kappa shape index (κ3) is 8.32. The minimum atomic E-state index is 0. The molecule has 0 amide bonds. The van der Waals surface area contributed by atoms with Crippen LogP contribution in [0.15, 0.2) is 29.3 Å². The van der Waals surface area contributed by atoms with Crippen LogP contribution in [0.3, 0.4) is 0 Å². The van der Waals surface area contributed by atoms with E-state index in [2.05, 4.69) is 72.8 Å². The normalized spacial score (nSPS) is 12.6. The monoisotopic (exact) mass is 512 g/mol. The predicted molar refractivity (Wildman–Crippen MR) is 132 cm³/mol. The number of hydrogen-bond donors (Lipinski definition) is 2. The summed E-state index contributed by atoms with van der Waals surface area (Å²) in [6, 6.07) is 9.06. The molecule has 1 unspecified atom stereocenters. The lowest BCUT2D eigenvalue weighted by Crippen LogP contribution is -2.39. The van der Waals surface area contributed by atoms with Crippen LogP contribution in [0.4, 0.5) is 0 Å². The number of halogens is 1. The first-order valence-electron chi connectivity index (χ1n) is 10.4. The Hall–Kier alpha value is -1.64. The van der Waals surface area contributed by atoms with Crippen molar-refractivity contribution >= 4 is 29.9 Å². The van der Waals surface area contributed by atoms with Gasteiger partial charge in [0.05, 0.1) is 6.04 Å². The Bertz CT molecular complexity index is 751. The van der Waals surface area contributed by atoms with Crippen LogP contribution in [0.2, 0.25) is 0 Å². The van der Waals surface area contributed by atoms with Gasteiger partial charge in [-0.15, -0.1) is 34.2 Å². The van der Waals surface area contributed by atoms with Gasteiger partial charge in [-0.1, -0.05) is 51.5 Å². The van der Waals surface area contributed by atoms with Gasteiger partial charge in [-0.25, -0.2) is 4.99 Å². The lowest BCUT2D eigenvalue weighted by molar-refractivity contribution is 0.644. The quantitative estimate of drug-likeness (QED) is 0.224. The molecule has 0 aliphatic rings. The zero-order chi connectivity index (χ0) is 20.5. The number of aliphatic imine (C=N–C) groups is 1. The fourth-order valence-corrected chi connectivity index (χ4v) is 2.98. The third-order valence-electron chi connectivity index (χ3n) is 4.86. The highest BCUT2D eigenvalue weighted by atomic mass is 127. The van der Waals surface area contributed by atoms with Gasteiger partial charge < -0.3 is 15.2 Å². The molecule has 7 heteroatoms. The van der Waals surface area contributed by atoms with Crippen LogP contribution in [0.1, 0.15) is 69.4 Å². The number of rotatable bonds is 9. The second-order valence-corrected chi connectivity index (χ2v) is 7.87. The lowest BCUT2D eigenvalue weighted by Gasteiger charge is -2.19.